The van der Waals surface area contributed by atoms with Gasteiger partial charge in [0.2, 0.25) is 5.91 Å². The molecule has 0 atom stereocenters. The monoisotopic (exact) mass is 273 g/mol. The number of carbonyl (C=O) groups excluding carboxylic acids is 2. The first-order valence-electron chi connectivity index (χ1n) is 6.25. The maximum Gasteiger partial charge on any atom is 0.254 e. The van der Waals surface area contributed by atoms with Crippen molar-refractivity contribution in [2.24, 2.45) is 5.73 Å². The Morgan fingerprint density at radius 1 is 1.40 bits per heavy atom. The number of rotatable bonds is 3. The van der Waals surface area contributed by atoms with Crippen LogP contribution >= 0.6 is 0 Å². The van der Waals surface area contributed by atoms with Crippen LogP contribution < -0.4 is 11.1 Å². The minimum absolute atomic E-state index is 0.0213. The van der Waals surface area contributed by atoms with Crippen molar-refractivity contribution >= 4 is 11.8 Å². The van der Waals surface area contributed by atoms with E-state index in [0.29, 0.717) is 5.56 Å². The molecule has 0 aromatic heterocycles. The van der Waals surface area contributed by atoms with Crippen molar-refractivity contribution < 1.29 is 9.59 Å². The number of nitrogens with zero attached hydrogens (tertiary/aromatic N) is 1. The number of hydrogen-bond acceptors (Lipinski definition) is 3. The van der Waals surface area contributed by atoms with Gasteiger partial charge in [-0.15, -0.1) is 0 Å². The molecule has 1 aromatic carbocycles. The summed E-state index contributed by atoms with van der Waals surface area (Å²) in [4.78, 5) is 25.0. The summed E-state index contributed by atoms with van der Waals surface area (Å²) in [7, 11) is 3.13. The zero-order chi connectivity index (χ0) is 15.1. The summed E-state index contributed by atoms with van der Waals surface area (Å²) in [5.41, 5.74) is 7.45. The third kappa shape index (κ3) is 4.11. The molecule has 5 nitrogen and oxygen atoms in total. The highest BCUT2D eigenvalue weighted by atomic mass is 16.2. The lowest BCUT2D eigenvalue weighted by atomic mass is 10.0. The van der Waals surface area contributed by atoms with Gasteiger partial charge in [0, 0.05) is 25.2 Å². The van der Waals surface area contributed by atoms with Crippen molar-refractivity contribution in [2.45, 2.75) is 6.92 Å². The van der Waals surface area contributed by atoms with Gasteiger partial charge in [-0.05, 0) is 24.6 Å². The molecule has 0 spiro atoms. The molecule has 0 aliphatic heterocycles. The largest absolute Gasteiger partial charge is 0.358 e. The minimum Gasteiger partial charge on any atom is -0.358 e. The SMILES string of the molecule is CNC(=O)CN(C)C(=O)c1cc(C#CCN)ccc1C. The van der Waals surface area contributed by atoms with Crippen LogP contribution in [0.1, 0.15) is 21.5 Å². The van der Waals surface area contributed by atoms with Crippen molar-refractivity contribution in [3.8, 4) is 11.8 Å². The molecule has 0 aliphatic carbocycles. The molecular formula is C15H19N3O2. The fourth-order valence-electron chi connectivity index (χ4n) is 1.66. The summed E-state index contributed by atoms with van der Waals surface area (Å²) < 4.78 is 0. The second-order valence-electron chi connectivity index (χ2n) is 4.37. The Balaban J connectivity index is 2.99. The van der Waals surface area contributed by atoms with Crippen LogP contribution in [-0.2, 0) is 4.79 Å². The highest BCUT2D eigenvalue weighted by Gasteiger charge is 2.16. The van der Waals surface area contributed by atoms with E-state index in [0.717, 1.165) is 11.1 Å². The van der Waals surface area contributed by atoms with E-state index in [4.69, 9.17) is 5.73 Å². The number of nitrogens with two attached hydrogens (primary N) is 1. The molecule has 0 bridgehead atoms. The lowest BCUT2D eigenvalue weighted by molar-refractivity contribution is -0.121. The molecule has 1 rings (SSSR count). The summed E-state index contributed by atoms with van der Waals surface area (Å²) in [6, 6.07) is 5.40. The second kappa shape index (κ2) is 7.31. The number of likely N-dealkylation sites (N-methyl/N-ethyl adjacent to an activating group) is 2. The molecule has 0 saturated heterocycles. The molecule has 0 radical (unpaired) electrons. The van der Waals surface area contributed by atoms with Crippen LogP contribution in [0.5, 0.6) is 0 Å². The smallest absolute Gasteiger partial charge is 0.254 e. The van der Waals surface area contributed by atoms with E-state index in [1.807, 2.05) is 19.1 Å². The number of benzene rings is 1. The van der Waals surface area contributed by atoms with Gasteiger partial charge in [-0.3, -0.25) is 9.59 Å². The van der Waals surface area contributed by atoms with E-state index >= 15 is 0 Å². The molecular weight excluding hydrogens is 254 g/mol. The van der Waals surface area contributed by atoms with Gasteiger partial charge in [0.1, 0.15) is 0 Å². The highest BCUT2D eigenvalue weighted by molar-refractivity contribution is 5.97. The maximum atomic E-state index is 12.3. The summed E-state index contributed by atoms with van der Waals surface area (Å²) >= 11 is 0. The van der Waals surface area contributed by atoms with Crippen LogP contribution in [-0.4, -0.2) is 43.9 Å². The average Bonchev–Trinajstić information content (AvgIpc) is 2.45. The highest BCUT2D eigenvalue weighted by Crippen LogP contribution is 2.13. The Kier molecular flexibility index (Phi) is 5.75. The number of carbonyl (C=O) groups is 2. The molecule has 0 saturated carbocycles. The molecule has 20 heavy (non-hydrogen) atoms. The molecule has 0 aliphatic rings. The van der Waals surface area contributed by atoms with Crippen LogP contribution in [0.25, 0.3) is 0 Å². The Bertz CT molecular complexity index is 570. The Hall–Kier alpha value is -2.32. The van der Waals surface area contributed by atoms with Crippen molar-refractivity contribution in [2.75, 3.05) is 27.2 Å². The minimum atomic E-state index is -0.211. The first-order valence-corrected chi connectivity index (χ1v) is 6.25. The number of aryl methyl sites for hydroxylation is 1. The molecule has 0 unspecified atom stereocenters. The van der Waals surface area contributed by atoms with Crippen molar-refractivity contribution in [1.29, 1.82) is 0 Å². The molecule has 0 heterocycles. The maximum absolute atomic E-state index is 12.3. The van der Waals surface area contributed by atoms with Gasteiger partial charge in [0.25, 0.3) is 5.91 Å². The topological polar surface area (TPSA) is 75.4 Å². The summed E-state index contributed by atoms with van der Waals surface area (Å²) in [5, 5.41) is 2.49. The van der Waals surface area contributed by atoms with Gasteiger partial charge in [0.05, 0.1) is 13.1 Å². The lowest BCUT2D eigenvalue weighted by Gasteiger charge is -2.17. The van der Waals surface area contributed by atoms with Gasteiger partial charge < -0.3 is 16.0 Å². The molecule has 3 N–H and O–H groups in total. The van der Waals surface area contributed by atoms with E-state index in [1.165, 1.54) is 11.9 Å². The quantitative estimate of drug-likeness (QED) is 0.768. The first kappa shape index (κ1) is 15.7. The lowest BCUT2D eigenvalue weighted by Crippen LogP contribution is -2.37. The van der Waals surface area contributed by atoms with Crippen molar-refractivity contribution in [3.05, 3.63) is 34.9 Å². The van der Waals surface area contributed by atoms with E-state index in [-0.39, 0.29) is 24.9 Å². The fourth-order valence-corrected chi connectivity index (χ4v) is 1.66. The van der Waals surface area contributed by atoms with Gasteiger partial charge in [0.15, 0.2) is 0 Å². The predicted molar refractivity (Wildman–Crippen MR) is 78.1 cm³/mol. The average molecular weight is 273 g/mol. The van der Waals surface area contributed by atoms with Gasteiger partial charge in [-0.2, -0.15) is 0 Å². The third-order valence-corrected chi connectivity index (χ3v) is 2.81. The standard InChI is InChI=1S/C15H19N3O2/c1-11-6-7-12(5-4-8-16)9-13(11)15(20)18(3)10-14(19)17-2/h6-7,9H,8,10,16H2,1-3H3,(H,17,19). The number of hydrogen-bond donors (Lipinski definition) is 2. The number of amides is 2. The van der Waals surface area contributed by atoms with E-state index in [2.05, 4.69) is 17.2 Å². The molecule has 5 heteroatoms. The van der Waals surface area contributed by atoms with Gasteiger partial charge in [-0.25, -0.2) is 0 Å². The third-order valence-electron chi connectivity index (χ3n) is 2.81. The van der Waals surface area contributed by atoms with Gasteiger partial charge in [-0.1, -0.05) is 17.9 Å². The van der Waals surface area contributed by atoms with E-state index in [9.17, 15) is 9.59 Å². The first-order chi connectivity index (χ1) is 9.49. The van der Waals surface area contributed by atoms with E-state index < -0.39 is 0 Å². The Labute approximate surface area is 119 Å². The summed E-state index contributed by atoms with van der Waals surface area (Å²) in [5.74, 6) is 5.23. The number of nitrogens with one attached hydrogen (secondary N) is 1. The summed E-state index contributed by atoms with van der Waals surface area (Å²) in [6.45, 7) is 2.14. The Morgan fingerprint density at radius 2 is 2.10 bits per heavy atom. The van der Waals surface area contributed by atoms with Gasteiger partial charge >= 0.3 is 0 Å². The second-order valence-corrected chi connectivity index (χ2v) is 4.37. The predicted octanol–water partition coefficient (Wildman–Crippen LogP) is 0.123. The van der Waals surface area contributed by atoms with Crippen LogP contribution in [0.3, 0.4) is 0 Å². The van der Waals surface area contributed by atoms with Crippen LogP contribution in [0.2, 0.25) is 0 Å². The zero-order valence-electron chi connectivity index (χ0n) is 12.0. The summed E-state index contributed by atoms with van der Waals surface area (Å²) in [6.07, 6.45) is 0. The van der Waals surface area contributed by atoms with Crippen LogP contribution in [0.15, 0.2) is 18.2 Å². The van der Waals surface area contributed by atoms with E-state index in [1.54, 1.807) is 13.1 Å². The van der Waals surface area contributed by atoms with Crippen molar-refractivity contribution in [3.63, 3.8) is 0 Å². The van der Waals surface area contributed by atoms with Crippen LogP contribution in [0, 0.1) is 18.8 Å². The normalized spacial score (nSPS) is 9.40. The molecule has 106 valence electrons. The van der Waals surface area contributed by atoms with Crippen LogP contribution in [0.4, 0.5) is 0 Å². The molecule has 0 fully saturated rings. The zero-order valence-corrected chi connectivity index (χ0v) is 12.0. The Morgan fingerprint density at radius 3 is 2.70 bits per heavy atom. The molecule has 2 amide bonds. The van der Waals surface area contributed by atoms with Crippen molar-refractivity contribution in [1.82, 2.24) is 10.2 Å². The molecule has 1 aromatic rings. The fraction of sp³-hybridized carbons (Fsp3) is 0.333.